The molecule has 1 fully saturated rings. The average molecular weight is 386 g/mol. The first-order valence-corrected chi connectivity index (χ1v) is 9.96. The summed E-state index contributed by atoms with van der Waals surface area (Å²) in [5.74, 6) is -0.170. The van der Waals surface area contributed by atoms with Gasteiger partial charge in [0.25, 0.3) is 0 Å². The quantitative estimate of drug-likeness (QED) is 0.751. The zero-order chi connectivity index (χ0) is 19.8. The Kier molecular flexibility index (Phi) is 4.39. The van der Waals surface area contributed by atoms with E-state index >= 15 is 0 Å². The minimum Gasteiger partial charge on any atom is -0.346 e. The second kappa shape index (κ2) is 7.20. The van der Waals surface area contributed by atoms with Crippen molar-refractivity contribution in [2.75, 3.05) is 24.5 Å². The van der Waals surface area contributed by atoms with Gasteiger partial charge in [-0.3, -0.25) is 9.59 Å². The van der Waals surface area contributed by atoms with E-state index in [0.717, 1.165) is 28.7 Å². The average Bonchev–Trinajstić information content (AvgIpc) is 3.38. The fourth-order valence-corrected chi connectivity index (χ4v) is 4.32. The van der Waals surface area contributed by atoms with E-state index in [2.05, 4.69) is 22.1 Å². The molecule has 5 rings (SSSR count). The highest BCUT2D eigenvalue weighted by Crippen LogP contribution is 2.30. The van der Waals surface area contributed by atoms with Crippen LogP contribution in [0.1, 0.15) is 18.4 Å². The maximum Gasteiger partial charge on any atom is 0.228 e. The number of hydrogen-bond acceptors (Lipinski definition) is 3. The van der Waals surface area contributed by atoms with Crippen LogP contribution in [0.3, 0.4) is 0 Å². The SMILES string of the molecule is O=C(C1CC(=O)N(c2ccccc2)C1)N1CC=C(c2c[nH]c3ncccc23)CC1. The van der Waals surface area contributed by atoms with Crippen molar-refractivity contribution in [1.29, 1.82) is 0 Å². The first kappa shape index (κ1) is 17.7. The highest BCUT2D eigenvalue weighted by atomic mass is 16.2. The highest BCUT2D eigenvalue weighted by molar-refractivity contribution is 6.00. The largest absolute Gasteiger partial charge is 0.346 e. The Morgan fingerprint density at radius 2 is 2.00 bits per heavy atom. The number of hydrogen-bond donors (Lipinski definition) is 1. The number of aromatic amines is 1. The van der Waals surface area contributed by atoms with E-state index < -0.39 is 0 Å². The molecule has 1 N–H and O–H groups in total. The predicted octanol–water partition coefficient (Wildman–Crippen LogP) is 3.23. The van der Waals surface area contributed by atoms with Crippen LogP contribution < -0.4 is 4.90 Å². The van der Waals surface area contributed by atoms with Gasteiger partial charge in [0.1, 0.15) is 5.65 Å². The fourth-order valence-electron chi connectivity index (χ4n) is 4.32. The second-order valence-electron chi connectivity index (χ2n) is 7.61. The molecule has 6 nitrogen and oxygen atoms in total. The van der Waals surface area contributed by atoms with Crippen LogP contribution in [0, 0.1) is 5.92 Å². The molecule has 2 amide bonds. The summed E-state index contributed by atoms with van der Waals surface area (Å²) in [6, 6.07) is 13.6. The molecule has 2 aliphatic rings. The Balaban J connectivity index is 1.28. The number of carbonyl (C=O) groups excluding carboxylic acids is 2. The summed E-state index contributed by atoms with van der Waals surface area (Å²) in [5.41, 5.74) is 4.14. The van der Waals surface area contributed by atoms with Crippen molar-refractivity contribution in [3.63, 3.8) is 0 Å². The minimum atomic E-state index is -0.269. The van der Waals surface area contributed by atoms with E-state index in [0.29, 0.717) is 19.6 Å². The van der Waals surface area contributed by atoms with E-state index in [4.69, 9.17) is 0 Å². The monoisotopic (exact) mass is 386 g/mol. The molecule has 1 atom stereocenters. The topological polar surface area (TPSA) is 69.3 Å². The van der Waals surface area contributed by atoms with Crippen molar-refractivity contribution < 1.29 is 9.59 Å². The molecule has 6 heteroatoms. The molecule has 0 aliphatic carbocycles. The third kappa shape index (κ3) is 3.20. The van der Waals surface area contributed by atoms with E-state index in [1.54, 1.807) is 11.1 Å². The van der Waals surface area contributed by atoms with Gasteiger partial charge in [0.15, 0.2) is 0 Å². The number of amides is 2. The van der Waals surface area contributed by atoms with Crippen molar-refractivity contribution in [3.05, 3.63) is 66.5 Å². The lowest BCUT2D eigenvalue weighted by molar-refractivity contribution is -0.135. The molecule has 0 spiro atoms. The Morgan fingerprint density at radius 3 is 2.79 bits per heavy atom. The molecule has 3 aromatic rings. The molecule has 2 aromatic heterocycles. The number of H-pyrrole nitrogens is 1. The molecule has 1 saturated heterocycles. The number of nitrogens with one attached hydrogen (secondary N) is 1. The summed E-state index contributed by atoms with van der Waals surface area (Å²) in [5, 5.41) is 1.11. The van der Waals surface area contributed by atoms with Gasteiger partial charge in [-0.05, 0) is 36.3 Å². The first-order valence-electron chi connectivity index (χ1n) is 9.96. The van der Waals surface area contributed by atoms with Gasteiger partial charge in [0.2, 0.25) is 11.8 Å². The van der Waals surface area contributed by atoms with Gasteiger partial charge in [-0.25, -0.2) is 4.98 Å². The van der Waals surface area contributed by atoms with E-state index in [1.165, 1.54) is 5.57 Å². The van der Waals surface area contributed by atoms with Gasteiger partial charge >= 0.3 is 0 Å². The molecule has 1 aromatic carbocycles. The highest BCUT2D eigenvalue weighted by Gasteiger charge is 2.37. The van der Waals surface area contributed by atoms with Crippen LogP contribution in [-0.2, 0) is 9.59 Å². The number of pyridine rings is 1. The Morgan fingerprint density at radius 1 is 1.14 bits per heavy atom. The molecular formula is C23H22N4O2. The number of para-hydroxylation sites is 1. The summed E-state index contributed by atoms with van der Waals surface area (Å²) in [7, 11) is 0. The number of fused-ring (bicyclic) bond motifs is 1. The maximum atomic E-state index is 13.0. The molecule has 4 heterocycles. The zero-order valence-electron chi connectivity index (χ0n) is 16.0. The fraction of sp³-hybridized carbons (Fsp3) is 0.261. The normalized spacial score (nSPS) is 19.7. The van der Waals surface area contributed by atoms with Gasteiger partial charge in [-0.1, -0.05) is 24.3 Å². The third-order valence-electron chi connectivity index (χ3n) is 5.86. The van der Waals surface area contributed by atoms with Gasteiger partial charge in [-0.15, -0.1) is 0 Å². The van der Waals surface area contributed by atoms with Crippen molar-refractivity contribution in [2.45, 2.75) is 12.8 Å². The zero-order valence-corrected chi connectivity index (χ0v) is 16.0. The molecule has 1 unspecified atom stereocenters. The third-order valence-corrected chi connectivity index (χ3v) is 5.86. The van der Waals surface area contributed by atoms with Gasteiger partial charge < -0.3 is 14.8 Å². The lowest BCUT2D eigenvalue weighted by atomic mass is 9.98. The van der Waals surface area contributed by atoms with Crippen LogP contribution >= 0.6 is 0 Å². The summed E-state index contributed by atoms with van der Waals surface area (Å²) in [4.78, 5) is 36.6. The van der Waals surface area contributed by atoms with Gasteiger partial charge in [0.05, 0.1) is 5.92 Å². The van der Waals surface area contributed by atoms with Crippen LogP contribution in [-0.4, -0.2) is 46.3 Å². The summed E-state index contributed by atoms with van der Waals surface area (Å²) >= 11 is 0. The Bertz CT molecular complexity index is 1100. The smallest absolute Gasteiger partial charge is 0.228 e. The number of anilines is 1. The van der Waals surface area contributed by atoms with E-state index in [1.807, 2.05) is 47.5 Å². The Hall–Kier alpha value is -3.41. The number of benzene rings is 1. The van der Waals surface area contributed by atoms with Crippen molar-refractivity contribution >= 4 is 34.1 Å². The van der Waals surface area contributed by atoms with E-state index in [-0.39, 0.29) is 24.2 Å². The lowest BCUT2D eigenvalue weighted by Crippen LogP contribution is -2.39. The summed E-state index contributed by atoms with van der Waals surface area (Å²) < 4.78 is 0. The van der Waals surface area contributed by atoms with Crippen molar-refractivity contribution in [2.24, 2.45) is 5.92 Å². The van der Waals surface area contributed by atoms with Crippen molar-refractivity contribution in [3.8, 4) is 0 Å². The van der Waals surface area contributed by atoms with Crippen LogP contribution in [0.2, 0.25) is 0 Å². The molecule has 2 aliphatic heterocycles. The first-order chi connectivity index (χ1) is 14.2. The summed E-state index contributed by atoms with van der Waals surface area (Å²) in [6.45, 7) is 1.72. The van der Waals surface area contributed by atoms with E-state index in [9.17, 15) is 9.59 Å². The molecule has 0 bridgehead atoms. The minimum absolute atomic E-state index is 0.0223. The van der Waals surface area contributed by atoms with Crippen LogP contribution in [0.4, 0.5) is 5.69 Å². The van der Waals surface area contributed by atoms with Gasteiger partial charge in [-0.2, -0.15) is 0 Å². The van der Waals surface area contributed by atoms with Crippen LogP contribution in [0.15, 0.2) is 60.9 Å². The molecular weight excluding hydrogens is 364 g/mol. The predicted molar refractivity (Wildman–Crippen MR) is 112 cm³/mol. The standard InChI is InChI=1S/C23H22N4O2/c28-21-13-17(15-27(21)18-5-2-1-3-6-18)23(29)26-11-8-16(9-12-26)20-14-25-22-19(20)7-4-10-24-22/h1-8,10,14,17H,9,11-13,15H2,(H,24,25). The molecule has 29 heavy (non-hydrogen) atoms. The number of carbonyl (C=O) groups is 2. The number of rotatable bonds is 3. The molecule has 0 radical (unpaired) electrons. The van der Waals surface area contributed by atoms with Gasteiger partial charge in [0, 0.05) is 55.1 Å². The number of aromatic nitrogens is 2. The summed E-state index contributed by atoms with van der Waals surface area (Å²) in [6.07, 6.45) is 6.99. The van der Waals surface area contributed by atoms with Crippen molar-refractivity contribution in [1.82, 2.24) is 14.9 Å². The molecule has 146 valence electrons. The second-order valence-corrected chi connectivity index (χ2v) is 7.61. The number of nitrogens with zero attached hydrogens (tertiary/aromatic N) is 3. The lowest BCUT2D eigenvalue weighted by Gasteiger charge is -2.28. The molecule has 0 saturated carbocycles. The maximum absolute atomic E-state index is 13.0. The Labute approximate surface area is 168 Å². The van der Waals surface area contributed by atoms with Crippen LogP contribution in [0.25, 0.3) is 16.6 Å². The van der Waals surface area contributed by atoms with Crippen LogP contribution in [0.5, 0.6) is 0 Å².